The molecule has 43 heavy (non-hydrogen) atoms. The zero-order valence-corrected chi connectivity index (χ0v) is 27.8. The van der Waals surface area contributed by atoms with Crippen molar-refractivity contribution in [1.29, 1.82) is 0 Å². The molecule has 6 N–H and O–H groups in total. The van der Waals surface area contributed by atoms with Crippen molar-refractivity contribution in [3.8, 4) is 0 Å². The van der Waals surface area contributed by atoms with Crippen LogP contribution in [0.25, 0.3) is 0 Å². The second-order valence-corrected chi connectivity index (χ2v) is 17.5. The molecule has 5 aliphatic carbocycles. The number of hydrogen-bond acceptors (Lipinski definition) is 7. The second kappa shape index (κ2) is 11.8. The van der Waals surface area contributed by atoms with Crippen molar-refractivity contribution in [3.05, 3.63) is 0 Å². The van der Waals surface area contributed by atoms with Gasteiger partial charge in [0.2, 0.25) is 0 Å². The lowest BCUT2D eigenvalue weighted by Gasteiger charge is -2.72. The average molecular weight is 606 g/mol. The van der Waals surface area contributed by atoms with E-state index in [1.54, 1.807) is 0 Å². The zero-order valence-electron chi connectivity index (χ0n) is 27.8. The van der Waals surface area contributed by atoms with Gasteiger partial charge in [-0.25, -0.2) is 0 Å². The molecule has 6 fully saturated rings. The van der Waals surface area contributed by atoms with Crippen LogP contribution < -0.4 is 5.32 Å². The summed E-state index contributed by atoms with van der Waals surface area (Å²) in [5, 5.41) is 60.6. The molecule has 1 saturated heterocycles. The molecule has 248 valence electrons. The maximum absolute atomic E-state index is 12.3. The van der Waals surface area contributed by atoms with Crippen LogP contribution in [-0.2, 0) is 4.74 Å². The number of nitrogens with one attached hydrogen (secondary N) is 1. The third-order valence-corrected chi connectivity index (χ3v) is 15.2. The number of aliphatic hydroxyl groups is 5. The first-order chi connectivity index (χ1) is 20.2. The molecule has 0 spiro atoms. The third kappa shape index (κ3) is 5.18. The Morgan fingerprint density at radius 2 is 1.56 bits per heavy atom. The van der Waals surface area contributed by atoms with Crippen molar-refractivity contribution in [2.45, 2.75) is 155 Å². The zero-order chi connectivity index (χ0) is 31.1. The van der Waals surface area contributed by atoms with Gasteiger partial charge in [-0.2, -0.15) is 0 Å². The summed E-state index contributed by atoms with van der Waals surface area (Å²) < 4.78 is 5.70. The van der Waals surface area contributed by atoms with Crippen molar-refractivity contribution in [3.63, 3.8) is 0 Å². The summed E-state index contributed by atoms with van der Waals surface area (Å²) in [6, 6.07) is 0.321. The van der Waals surface area contributed by atoms with Crippen LogP contribution in [0.2, 0.25) is 0 Å². The second-order valence-electron chi connectivity index (χ2n) is 17.5. The molecule has 5 saturated carbocycles. The minimum atomic E-state index is -0.628. The van der Waals surface area contributed by atoms with Gasteiger partial charge >= 0.3 is 0 Å². The summed E-state index contributed by atoms with van der Waals surface area (Å²) in [7, 11) is 0. The fourth-order valence-corrected chi connectivity index (χ4v) is 13.2. The Bertz CT molecular complexity index is 981. The maximum atomic E-state index is 12.3. The van der Waals surface area contributed by atoms with Crippen LogP contribution in [0.3, 0.4) is 0 Å². The van der Waals surface area contributed by atoms with Crippen molar-refractivity contribution in [1.82, 2.24) is 5.32 Å². The molecule has 0 aromatic carbocycles. The highest BCUT2D eigenvalue weighted by Gasteiger charge is 2.70. The highest BCUT2D eigenvalue weighted by molar-refractivity contribution is 5.19. The normalized spacial score (nSPS) is 56.9. The molecular formula is C36H63NO6. The largest absolute Gasteiger partial charge is 0.393 e. The van der Waals surface area contributed by atoms with E-state index < -0.39 is 36.1 Å². The van der Waals surface area contributed by atoms with Gasteiger partial charge in [-0.05, 0) is 124 Å². The minimum absolute atomic E-state index is 0.0113. The molecule has 6 rings (SSSR count). The van der Waals surface area contributed by atoms with Crippen LogP contribution in [0, 0.1) is 63.6 Å². The van der Waals surface area contributed by atoms with Crippen LogP contribution in [0.5, 0.6) is 0 Å². The fraction of sp³-hybridized carbons (Fsp3) is 1.00. The third-order valence-electron chi connectivity index (χ3n) is 15.2. The molecule has 0 radical (unpaired) electrons. The molecule has 6 aliphatic rings. The first kappa shape index (κ1) is 32.7. The Morgan fingerprint density at radius 3 is 2.19 bits per heavy atom. The molecule has 0 aromatic rings. The van der Waals surface area contributed by atoms with Gasteiger partial charge in [-0.3, -0.25) is 5.32 Å². The van der Waals surface area contributed by atoms with E-state index in [0.717, 1.165) is 77.2 Å². The summed E-state index contributed by atoms with van der Waals surface area (Å²) in [5.74, 6) is 1.44. The summed E-state index contributed by atoms with van der Waals surface area (Å²) in [6.45, 7) is 14.1. The highest BCUT2D eigenvalue weighted by Crippen LogP contribution is 2.73. The standard InChI is InChI=1S/C36H63NO6/c1-19-16-35(5)18-34(4)17-25-24(22-9-11-23(12-10-22)37-33(42)27-8-7-15-43-27)13-14-26(39)29(25)31(40)30(34)20(2)36(35,6)32(41)28(19)21(3)38/h19-33,37-42H,7-18H2,1-6H3. The van der Waals surface area contributed by atoms with Gasteiger partial charge in [0.25, 0.3) is 0 Å². The van der Waals surface area contributed by atoms with Crippen LogP contribution in [0.15, 0.2) is 0 Å². The van der Waals surface area contributed by atoms with E-state index in [0.29, 0.717) is 23.8 Å². The molecule has 0 amide bonds. The van der Waals surface area contributed by atoms with Gasteiger partial charge in [-0.1, -0.05) is 34.6 Å². The molecule has 16 atom stereocenters. The van der Waals surface area contributed by atoms with Crippen molar-refractivity contribution >= 4 is 0 Å². The Hall–Kier alpha value is -0.280. The molecule has 7 heteroatoms. The van der Waals surface area contributed by atoms with E-state index in [9.17, 15) is 25.5 Å². The van der Waals surface area contributed by atoms with Gasteiger partial charge in [-0.15, -0.1) is 0 Å². The maximum Gasteiger partial charge on any atom is 0.131 e. The fourth-order valence-electron chi connectivity index (χ4n) is 13.2. The topological polar surface area (TPSA) is 122 Å². The van der Waals surface area contributed by atoms with Crippen LogP contribution in [-0.4, -0.2) is 74.9 Å². The molecule has 1 heterocycles. The van der Waals surface area contributed by atoms with Gasteiger partial charge in [0.1, 0.15) is 6.23 Å². The van der Waals surface area contributed by atoms with E-state index in [2.05, 4.69) is 39.9 Å². The van der Waals surface area contributed by atoms with Gasteiger partial charge in [0.15, 0.2) is 0 Å². The highest BCUT2D eigenvalue weighted by atomic mass is 16.5. The number of rotatable bonds is 5. The summed E-state index contributed by atoms with van der Waals surface area (Å²) in [6.07, 6.45) is 8.19. The van der Waals surface area contributed by atoms with E-state index >= 15 is 0 Å². The van der Waals surface area contributed by atoms with E-state index in [1.165, 1.54) is 0 Å². The lowest BCUT2D eigenvalue weighted by Crippen LogP contribution is -2.71. The smallest absolute Gasteiger partial charge is 0.131 e. The molecule has 1 aliphatic heterocycles. The van der Waals surface area contributed by atoms with E-state index in [1.807, 2.05) is 6.92 Å². The summed E-state index contributed by atoms with van der Waals surface area (Å²) in [4.78, 5) is 0. The Labute approximate surface area is 260 Å². The van der Waals surface area contributed by atoms with Crippen molar-refractivity contribution < 1.29 is 30.3 Å². The van der Waals surface area contributed by atoms with E-state index in [-0.39, 0.29) is 46.5 Å². The predicted molar refractivity (Wildman–Crippen MR) is 167 cm³/mol. The SMILES string of the molecule is CC(O)C1C(C)CC2(C)CC3(C)CC4C(C5CCC(NC(O)C6CCCO6)CC5)CCC(O)C4C(O)C3C(C)C2(C)C1O. The first-order valence-electron chi connectivity index (χ1n) is 18.0. The Balaban J connectivity index is 1.21. The van der Waals surface area contributed by atoms with Crippen LogP contribution in [0.1, 0.15) is 112 Å². The minimum Gasteiger partial charge on any atom is -0.393 e. The molecular weight excluding hydrogens is 542 g/mol. The summed E-state index contributed by atoms with van der Waals surface area (Å²) in [5.41, 5.74) is -0.576. The van der Waals surface area contributed by atoms with E-state index in [4.69, 9.17) is 4.74 Å². The molecule has 7 nitrogen and oxygen atoms in total. The lowest BCUT2D eigenvalue weighted by molar-refractivity contribution is -0.282. The first-order valence-corrected chi connectivity index (χ1v) is 18.0. The van der Waals surface area contributed by atoms with Crippen molar-refractivity contribution in [2.24, 2.45) is 63.6 Å². The molecule has 16 unspecified atom stereocenters. The number of fused-ring (bicyclic) bond motifs is 3. The quantitative estimate of drug-likeness (QED) is 0.256. The number of ether oxygens (including phenoxy) is 1. The number of hydrogen-bond donors (Lipinski definition) is 6. The van der Waals surface area contributed by atoms with Gasteiger partial charge in [0.05, 0.1) is 30.5 Å². The van der Waals surface area contributed by atoms with Crippen LogP contribution >= 0.6 is 0 Å². The Morgan fingerprint density at radius 1 is 0.860 bits per heavy atom. The average Bonchev–Trinajstić information content (AvgIpc) is 3.46. The monoisotopic (exact) mass is 605 g/mol. The predicted octanol–water partition coefficient (Wildman–Crippen LogP) is 4.47. The molecule has 0 aromatic heterocycles. The van der Waals surface area contributed by atoms with Gasteiger partial charge < -0.3 is 30.3 Å². The van der Waals surface area contributed by atoms with Gasteiger partial charge in [0, 0.05) is 29.9 Å². The number of aliphatic hydroxyl groups excluding tert-OH is 5. The lowest BCUT2D eigenvalue weighted by atomic mass is 9.34. The molecule has 0 bridgehead atoms. The summed E-state index contributed by atoms with van der Waals surface area (Å²) >= 11 is 0. The van der Waals surface area contributed by atoms with Crippen LogP contribution in [0.4, 0.5) is 0 Å². The Kier molecular flexibility index (Phi) is 8.92. The van der Waals surface area contributed by atoms with Crippen molar-refractivity contribution in [2.75, 3.05) is 6.61 Å².